The number of hydrogen-bond acceptors (Lipinski definition) is 7. The summed E-state index contributed by atoms with van der Waals surface area (Å²) in [7, 11) is 1.56. The van der Waals surface area contributed by atoms with Crippen molar-refractivity contribution >= 4 is 17.7 Å². The summed E-state index contributed by atoms with van der Waals surface area (Å²) in [4.78, 5) is 43.7. The average molecular weight is 524 g/mol. The monoisotopic (exact) mass is 523 g/mol. The van der Waals surface area contributed by atoms with E-state index in [4.69, 9.17) is 18.9 Å². The van der Waals surface area contributed by atoms with Gasteiger partial charge in [0.25, 0.3) is 11.8 Å². The van der Waals surface area contributed by atoms with Gasteiger partial charge in [0.2, 0.25) is 12.7 Å². The number of carbonyl (C=O) groups excluding carboxylic acids is 3. The summed E-state index contributed by atoms with van der Waals surface area (Å²) in [5.41, 5.74) is -0.0365. The summed E-state index contributed by atoms with van der Waals surface area (Å²) in [6.45, 7) is 4.91. The highest BCUT2D eigenvalue weighted by atomic mass is 16.7. The van der Waals surface area contributed by atoms with Gasteiger partial charge in [-0.1, -0.05) is 6.92 Å². The molecule has 10 nitrogen and oxygen atoms in total. The van der Waals surface area contributed by atoms with Crippen molar-refractivity contribution in [3.8, 4) is 17.2 Å². The van der Waals surface area contributed by atoms with Crippen molar-refractivity contribution in [1.82, 2.24) is 15.1 Å². The van der Waals surface area contributed by atoms with Gasteiger partial charge in [-0.15, -0.1) is 0 Å². The van der Waals surface area contributed by atoms with E-state index in [1.54, 1.807) is 59.4 Å². The van der Waals surface area contributed by atoms with E-state index in [-0.39, 0.29) is 37.2 Å². The van der Waals surface area contributed by atoms with E-state index in [0.29, 0.717) is 54.3 Å². The Kier molecular flexibility index (Phi) is 7.16. The molecule has 2 saturated heterocycles. The molecule has 2 fully saturated rings. The van der Waals surface area contributed by atoms with Crippen LogP contribution in [0.3, 0.4) is 0 Å². The van der Waals surface area contributed by atoms with Crippen molar-refractivity contribution in [3.63, 3.8) is 0 Å². The number of carbonyl (C=O) groups is 3. The lowest BCUT2D eigenvalue weighted by atomic mass is 9.96. The first kappa shape index (κ1) is 25.8. The number of nitrogens with one attached hydrogen (secondary N) is 1. The summed E-state index contributed by atoms with van der Waals surface area (Å²) < 4.78 is 22.3. The molecule has 3 aliphatic heterocycles. The predicted molar refractivity (Wildman–Crippen MR) is 137 cm³/mol. The fraction of sp³-hybridized carbons (Fsp3) is 0.464. The van der Waals surface area contributed by atoms with Crippen molar-refractivity contribution in [2.45, 2.75) is 50.9 Å². The molecule has 202 valence electrons. The number of ether oxygens (including phenoxy) is 4. The summed E-state index contributed by atoms with van der Waals surface area (Å²) in [5.74, 6) is 1.15. The third-order valence-electron chi connectivity index (χ3n) is 7.57. The van der Waals surface area contributed by atoms with Crippen molar-refractivity contribution in [2.75, 3.05) is 33.6 Å². The molecular formula is C28H33N3O7. The summed E-state index contributed by atoms with van der Waals surface area (Å²) in [6.07, 6.45) is 1.55. The molecule has 2 aromatic rings. The molecule has 3 amide bonds. The lowest BCUT2D eigenvalue weighted by Crippen LogP contribution is -2.60. The topological polar surface area (TPSA) is 107 Å². The Hall–Kier alpha value is -3.79. The van der Waals surface area contributed by atoms with E-state index < -0.39 is 11.8 Å². The molecule has 10 heteroatoms. The molecule has 3 aliphatic rings. The second kappa shape index (κ2) is 10.5. The molecule has 3 heterocycles. The van der Waals surface area contributed by atoms with E-state index in [1.807, 2.05) is 13.8 Å². The van der Waals surface area contributed by atoms with Crippen LogP contribution in [-0.4, -0.2) is 78.9 Å². The average Bonchev–Trinajstić information content (AvgIpc) is 3.57. The van der Waals surface area contributed by atoms with Crippen LogP contribution < -0.4 is 19.5 Å². The smallest absolute Gasteiger partial charge is 0.256 e. The first-order valence-electron chi connectivity index (χ1n) is 13.0. The quantitative estimate of drug-likeness (QED) is 0.621. The second-order valence-electron chi connectivity index (χ2n) is 9.85. The van der Waals surface area contributed by atoms with Crippen LogP contribution in [0.5, 0.6) is 17.2 Å². The zero-order valence-electron chi connectivity index (χ0n) is 21.9. The fourth-order valence-corrected chi connectivity index (χ4v) is 5.15. The molecule has 0 aromatic heterocycles. The highest BCUT2D eigenvalue weighted by Gasteiger charge is 2.54. The van der Waals surface area contributed by atoms with Crippen molar-refractivity contribution < 1.29 is 33.3 Å². The van der Waals surface area contributed by atoms with Crippen LogP contribution >= 0.6 is 0 Å². The number of hydrogen-bond donors (Lipinski definition) is 1. The number of rotatable bonds is 6. The molecule has 1 N–H and O–H groups in total. The molecule has 0 aliphatic carbocycles. The van der Waals surface area contributed by atoms with Crippen LogP contribution in [0.15, 0.2) is 42.5 Å². The molecule has 2 aromatic carbocycles. The molecular weight excluding hydrogens is 490 g/mol. The number of piperidine rings is 1. The van der Waals surface area contributed by atoms with Gasteiger partial charge in [0.1, 0.15) is 17.5 Å². The number of methoxy groups -OCH3 is 1. The minimum Gasteiger partial charge on any atom is -0.497 e. The van der Waals surface area contributed by atoms with Crippen LogP contribution in [0.4, 0.5) is 0 Å². The Bertz CT molecular complexity index is 1210. The number of amides is 3. The van der Waals surface area contributed by atoms with Gasteiger partial charge in [-0.25, -0.2) is 0 Å². The van der Waals surface area contributed by atoms with Gasteiger partial charge in [-0.3, -0.25) is 19.3 Å². The normalized spacial score (nSPS) is 20.3. The number of likely N-dealkylation sites (tertiary alicyclic amines) is 1. The van der Waals surface area contributed by atoms with E-state index in [1.165, 1.54) is 0 Å². The molecule has 0 bridgehead atoms. The van der Waals surface area contributed by atoms with Crippen molar-refractivity contribution in [1.29, 1.82) is 0 Å². The van der Waals surface area contributed by atoms with Gasteiger partial charge in [0.05, 0.1) is 13.7 Å². The molecule has 0 radical (unpaired) electrons. The van der Waals surface area contributed by atoms with Gasteiger partial charge in [-0.05, 0) is 55.8 Å². The molecule has 1 spiro atoms. The maximum absolute atomic E-state index is 13.9. The number of nitrogens with zero attached hydrogens (tertiary/aromatic N) is 2. The predicted octanol–water partition coefficient (Wildman–Crippen LogP) is 2.81. The van der Waals surface area contributed by atoms with Gasteiger partial charge in [0, 0.05) is 43.1 Å². The first-order valence-corrected chi connectivity index (χ1v) is 13.0. The zero-order valence-corrected chi connectivity index (χ0v) is 21.9. The molecule has 5 rings (SSSR count). The van der Waals surface area contributed by atoms with Crippen LogP contribution in [0.25, 0.3) is 0 Å². The summed E-state index contributed by atoms with van der Waals surface area (Å²) in [6, 6.07) is 11.2. The molecule has 0 saturated carbocycles. The Balaban J connectivity index is 1.36. The molecule has 0 unspecified atom stereocenters. The Labute approximate surface area is 221 Å². The first-order chi connectivity index (χ1) is 18.3. The summed E-state index contributed by atoms with van der Waals surface area (Å²) in [5, 5.41) is 3.00. The largest absolute Gasteiger partial charge is 0.497 e. The number of fused-ring (bicyclic) bond motifs is 1. The third-order valence-corrected chi connectivity index (χ3v) is 7.57. The SMILES string of the molecule is CC[C@H](C)NC(=O)[C@H]1COC2(CCN(C(=O)c3ccc4c(c3)OCO4)CC2)N1C(=O)c1ccc(OC)cc1. The maximum Gasteiger partial charge on any atom is 0.256 e. The summed E-state index contributed by atoms with van der Waals surface area (Å²) >= 11 is 0. The van der Waals surface area contributed by atoms with E-state index in [0.717, 1.165) is 6.42 Å². The lowest BCUT2D eigenvalue weighted by molar-refractivity contribution is -0.128. The highest BCUT2D eigenvalue weighted by molar-refractivity contribution is 5.99. The van der Waals surface area contributed by atoms with Crippen LogP contribution in [0, 0.1) is 0 Å². The fourth-order valence-electron chi connectivity index (χ4n) is 5.15. The van der Waals surface area contributed by atoms with Crippen molar-refractivity contribution in [3.05, 3.63) is 53.6 Å². The van der Waals surface area contributed by atoms with E-state index in [2.05, 4.69) is 5.32 Å². The lowest BCUT2D eigenvalue weighted by Gasteiger charge is -2.44. The van der Waals surface area contributed by atoms with E-state index >= 15 is 0 Å². The van der Waals surface area contributed by atoms with Gasteiger partial charge in [0.15, 0.2) is 11.5 Å². The Morgan fingerprint density at radius 1 is 1.03 bits per heavy atom. The van der Waals surface area contributed by atoms with Crippen LogP contribution in [-0.2, 0) is 9.53 Å². The van der Waals surface area contributed by atoms with Gasteiger partial charge < -0.3 is 29.2 Å². The standard InChI is InChI=1S/C28H33N3O7/c1-4-18(2)29-25(32)22-16-38-28(31(22)27(34)19-5-8-21(35-3)9-6-19)11-13-30(14-12-28)26(33)20-7-10-23-24(15-20)37-17-36-23/h5-10,15,18,22H,4,11-14,16-17H2,1-3H3,(H,29,32)/t18-,22+/m0/s1. The Morgan fingerprint density at radius 3 is 2.39 bits per heavy atom. The molecule has 2 atom stereocenters. The molecule has 38 heavy (non-hydrogen) atoms. The van der Waals surface area contributed by atoms with Gasteiger partial charge >= 0.3 is 0 Å². The van der Waals surface area contributed by atoms with Gasteiger partial charge in [-0.2, -0.15) is 0 Å². The highest BCUT2D eigenvalue weighted by Crippen LogP contribution is 2.39. The van der Waals surface area contributed by atoms with Crippen molar-refractivity contribution in [2.24, 2.45) is 0 Å². The third kappa shape index (κ3) is 4.76. The zero-order chi connectivity index (χ0) is 26.9. The minimum atomic E-state index is -0.986. The van der Waals surface area contributed by atoms with Crippen LogP contribution in [0.1, 0.15) is 53.8 Å². The number of benzene rings is 2. The van der Waals surface area contributed by atoms with Crippen LogP contribution in [0.2, 0.25) is 0 Å². The Morgan fingerprint density at radius 2 is 1.71 bits per heavy atom. The minimum absolute atomic E-state index is 0.0295. The van der Waals surface area contributed by atoms with E-state index in [9.17, 15) is 14.4 Å². The maximum atomic E-state index is 13.9. The second-order valence-corrected chi connectivity index (χ2v) is 9.85.